The van der Waals surface area contributed by atoms with Crippen LogP contribution in [-0.4, -0.2) is 41.3 Å². The highest BCUT2D eigenvalue weighted by Crippen LogP contribution is 2.24. The van der Waals surface area contributed by atoms with Crippen LogP contribution in [0.5, 0.6) is 0 Å². The number of furan rings is 1. The van der Waals surface area contributed by atoms with E-state index in [-0.39, 0.29) is 36.1 Å². The number of rotatable bonds is 5. The van der Waals surface area contributed by atoms with E-state index < -0.39 is 5.97 Å². The molecule has 1 amide bonds. The van der Waals surface area contributed by atoms with Gasteiger partial charge in [0, 0.05) is 23.2 Å². The monoisotopic (exact) mass is 383 g/mol. The largest absolute Gasteiger partial charge is 0.450 e. The molecule has 1 fully saturated rings. The maximum atomic E-state index is 12.5. The number of carbonyl (C=O) groups is 3. The summed E-state index contributed by atoms with van der Waals surface area (Å²) in [5.41, 5.74) is 1.35. The van der Waals surface area contributed by atoms with Crippen molar-refractivity contribution >= 4 is 17.7 Å². The normalized spacial score (nSPS) is 19.3. The van der Waals surface area contributed by atoms with E-state index in [1.54, 1.807) is 35.2 Å². The molecule has 0 spiro atoms. The number of Topliss-reactive ketones (excluding diaryl/α,β-unsaturated/α-hetero) is 1. The molecule has 1 aromatic heterocycles. The molecule has 6 heteroatoms. The van der Waals surface area contributed by atoms with Crippen molar-refractivity contribution in [2.24, 2.45) is 0 Å². The SMILES string of the molecule is CC(=O)c1ccc(-c2ccc(C(=O)OCC(=O)N3[C@H](C)CCC[C@H]3C)o2)cc1. The van der Waals surface area contributed by atoms with Gasteiger partial charge >= 0.3 is 5.97 Å². The van der Waals surface area contributed by atoms with E-state index >= 15 is 0 Å². The number of ether oxygens (including phenoxy) is 1. The van der Waals surface area contributed by atoms with Gasteiger partial charge in [-0.1, -0.05) is 24.3 Å². The van der Waals surface area contributed by atoms with Crippen molar-refractivity contribution in [3.63, 3.8) is 0 Å². The number of ketones is 1. The van der Waals surface area contributed by atoms with Crippen LogP contribution in [0.3, 0.4) is 0 Å². The Morgan fingerprint density at radius 1 is 1.04 bits per heavy atom. The molecule has 0 bridgehead atoms. The molecule has 0 unspecified atom stereocenters. The van der Waals surface area contributed by atoms with Crippen LogP contribution < -0.4 is 0 Å². The van der Waals surface area contributed by atoms with Gasteiger partial charge in [0.15, 0.2) is 12.4 Å². The third-order valence-electron chi connectivity index (χ3n) is 5.19. The highest BCUT2D eigenvalue weighted by Gasteiger charge is 2.29. The first-order chi connectivity index (χ1) is 13.4. The van der Waals surface area contributed by atoms with Crippen molar-refractivity contribution in [2.75, 3.05) is 6.61 Å². The minimum atomic E-state index is -0.669. The fourth-order valence-corrected chi connectivity index (χ4v) is 3.66. The van der Waals surface area contributed by atoms with E-state index in [4.69, 9.17) is 9.15 Å². The van der Waals surface area contributed by atoms with Crippen molar-refractivity contribution in [1.82, 2.24) is 4.90 Å². The van der Waals surface area contributed by atoms with Gasteiger partial charge in [0.05, 0.1) is 0 Å². The molecule has 2 heterocycles. The number of hydrogen-bond donors (Lipinski definition) is 0. The van der Waals surface area contributed by atoms with E-state index in [0.29, 0.717) is 11.3 Å². The summed E-state index contributed by atoms with van der Waals surface area (Å²) in [6.45, 7) is 5.25. The highest BCUT2D eigenvalue weighted by molar-refractivity contribution is 5.94. The van der Waals surface area contributed by atoms with Crippen molar-refractivity contribution in [3.05, 3.63) is 47.7 Å². The molecule has 0 saturated carbocycles. The maximum Gasteiger partial charge on any atom is 0.374 e. The van der Waals surface area contributed by atoms with Gasteiger partial charge in [-0.25, -0.2) is 4.79 Å². The lowest BCUT2D eigenvalue weighted by molar-refractivity contribution is -0.140. The molecule has 3 rings (SSSR count). The average molecular weight is 383 g/mol. The zero-order valence-electron chi connectivity index (χ0n) is 16.4. The number of nitrogens with zero attached hydrogens (tertiary/aromatic N) is 1. The molecule has 0 aliphatic carbocycles. The molecule has 28 heavy (non-hydrogen) atoms. The quantitative estimate of drug-likeness (QED) is 0.574. The number of hydrogen-bond acceptors (Lipinski definition) is 5. The fourth-order valence-electron chi connectivity index (χ4n) is 3.66. The second-order valence-corrected chi connectivity index (χ2v) is 7.30. The van der Waals surface area contributed by atoms with Crippen molar-refractivity contribution in [1.29, 1.82) is 0 Å². The third-order valence-corrected chi connectivity index (χ3v) is 5.19. The molecule has 2 atom stereocenters. The smallest absolute Gasteiger partial charge is 0.374 e. The van der Waals surface area contributed by atoms with Crippen LogP contribution in [-0.2, 0) is 9.53 Å². The lowest BCUT2D eigenvalue weighted by Gasteiger charge is -2.38. The molecule has 0 radical (unpaired) electrons. The topological polar surface area (TPSA) is 76.8 Å². The standard InChI is InChI=1S/C22H25NO5/c1-14-5-4-6-15(2)23(14)21(25)13-27-22(26)20-12-11-19(28-20)18-9-7-17(8-10-18)16(3)24/h7-12,14-15H,4-6,13H2,1-3H3/t14-,15-/m1/s1. The summed E-state index contributed by atoms with van der Waals surface area (Å²) in [4.78, 5) is 37.9. The van der Waals surface area contributed by atoms with E-state index in [1.165, 1.54) is 13.0 Å². The fraction of sp³-hybridized carbons (Fsp3) is 0.409. The van der Waals surface area contributed by atoms with Gasteiger partial charge in [0.1, 0.15) is 5.76 Å². The van der Waals surface area contributed by atoms with Crippen LogP contribution >= 0.6 is 0 Å². The van der Waals surface area contributed by atoms with Gasteiger partial charge in [-0.2, -0.15) is 0 Å². The first-order valence-electron chi connectivity index (χ1n) is 9.56. The van der Waals surface area contributed by atoms with Crippen LogP contribution in [0.4, 0.5) is 0 Å². The van der Waals surface area contributed by atoms with E-state index in [0.717, 1.165) is 24.8 Å². The van der Waals surface area contributed by atoms with E-state index in [2.05, 4.69) is 0 Å². The van der Waals surface area contributed by atoms with Crippen LogP contribution in [0.25, 0.3) is 11.3 Å². The summed E-state index contributed by atoms with van der Waals surface area (Å²) >= 11 is 0. The van der Waals surface area contributed by atoms with Crippen molar-refractivity contribution in [3.8, 4) is 11.3 Å². The summed E-state index contributed by atoms with van der Waals surface area (Å²) in [5, 5.41) is 0. The van der Waals surface area contributed by atoms with Crippen LogP contribution in [0.1, 0.15) is 60.9 Å². The van der Waals surface area contributed by atoms with Gasteiger partial charge in [0.25, 0.3) is 5.91 Å². The van der Waals surface area contributed by atoms with Gasteiger partial charge in [0.2, 0.25) is 5.76 Å². The lowest BCUT2D eigenvalue weighted by atomic mass is 9.97. The molecule has 6 nitrogen and oxygen atoms in total. The van der Waals surface area contributed by atoms with Gasteiger partial charge in [-0.05, 0) is 52.2 Å². The average Bonchev–Trinajstić information content (AvgIpc) is 3.16. The minimum Gasteiger partial charge on any atom is -0.450 e. The van der Waals surface area contributed by atoms with Crippen LogP contribution in [0.15, 0.2) is 40.8 Å². The predicted molar refractivity (Wildman–Crippen MR) is 104 cm³/mol. The Balaban J connectivity index is 1.61. The zero-order chi connectivity index (χ0) is 20.3. The summed E-state index contributed by atoms with van der Waals surface area (Å²) in [6.07, 6.45) is 3.04. The number of esters is 1. The Bertz CT molecular complexity index is 857. The van der Waals surface area contributed by atoms with Crippen LogP contribution in [0.2, 0.25) is 0 Å². The second-order valence-electron chi connectivity index (χ2n) is 7.30. The number of likely N-dealkylation sites (tertiary alicyclic amines) is 1. The molecular weight excluding hydrogens is 358 g/mol. The van der Waals surface area contributed by atoms with Gasteiger partial charge in [-0.3, -0.25) is 9.59 Å². The Hall–Kier alpha value is -2.89. The molecule has 1 aliphatic heterocycles. The predicted octanol–water partition coefficient (Wildman–Crippen LogP) is 4.10. The molecular formula is C22H25NO5. The Morgan fingerprint density at radius 2 is 1.68 bits per heavy atom. The Kier molecular flexibility index (Phi) is 5.97. The number of carbonyl (C=O) groups excluding carboxylic acids is 3. The number of piperidine rings is 1. The van der Waals surface area contributed by atoms with E-state index in [1.807, 2.05) is 13.8 Å². The first-order valence-corrected chi connectivity index (χ1v) is 9.56. The second kappa shape index (κ2) is 8.42. The molecule has 1 aliphatic rings. The van der Waals surface area contributed by atoms with Crippen molar-refractivity contribution < 1.29 is 23.5 Å². The summed E-state index contributed by atoms with van der Waals surface area (Å²) in [7, 11) is 0. The number of amides is 1. The van der Waals surface area contributed by atoms with Gasteiger partial charge in [-0.15, -0.1) is 0 Å². The molecule has 0 N–H and O–H groups in total. The highest BCUT2D eigenvalue weighted by atomic mass is 16.5. The molecule has 2 aromatic rings. The maximum absolute atomic E-state index is 12.5. The first kappa shape index (κ1) is 19.9. The molecule has 1 saturated heterocycles. The van der Waals surface area contributed by atoms with Gasteiger partial charge < -0.3 is 14.1 Å². The number of benzene rings is 1. The Morgan fingerprint density at radius 3 is 2.29 bits per heavy atom. The summed E-state index contributed by atoms with van der Waals surface area (Å²) in [5.74, 6) is -0.334. The summed E-state index contributed by atoms with van der Waals surface area (Å²) in [6, 6.07) is 10.4. The third kappa shape index (κ3) is 4.32. The van der Waals surface area contributed by atoms with Crippen LogP contribution in [0, 0.1) is 0 Å². The lowest BCUT2D eigenvalue weighted by Crippen LogP contribution is -2.49. The Labute approximate surface area is 164 Å². The molecule has 148 valence electrons. The van der Waals surface area contributed by atoms with Crippen molar-refractivity contribution in [2.45, 2.75) is 52.1 Å². The zero-order valence-corrected chi connectivity index (χ0v) is 16.4. The summed E-state index contributed by atoms with van der Waals surface area (Å²) < 4.78 is 10.7. The minimum absolute atomic E-state index is 0.0164. The molecule has 1 aromatic carbocycles. The van der Waals surface area contributed by atoms with E-state index in [9.17, 15) is 14.4 Å².